The van der Waals surface area contributed by atoms with Crippen molar-refractivity contribution in [3.63, 3.8) is 0 Å². The minimum absolute atomic E-state index is 0.273. The maximum Gasteiger partial charge on any atom is 0.223 e. The van der Waals surface area contributed by atoms with Gasteiger partial charge in [-0.3, -0.25) is 4.79 Å². The summed E-state index contributed by atoms with van der Waals surface area (Å²) in [5.74, 6) is 1.77. The molecule has 0 radical (unpaired) electrons. The third kappa shape index (κ3) is 4.57. The molecule has 0 spiro atoms. The first-order valence-corrected chi connectivity index (χ1v) is 12.8. The number of likely N-dealkylation sites (tertiary alicyclic amines) is 1. The molecule has 0 unspecified atom stereocenters. The van der Waals surface area contributed by atoms with Crippen molar-refractivity contribution in [3.05, 3.63) is 47.9 Å². The molecule has 4 aromatic rings. The Labute approximate surface area is 212 Å². The number of hydrogen-bond donors (Lipinski definition) is 1. The lowest BCUT2D eigenvalue weighted by Crippen LogP contribution is -2.39. The second-order valence-electron chi connectivity index (χ2n) is 10.4. The first-order valence-electron chi connectivity index (χ1n) is 12.8. The maximum atomic E-state index is 12.6. The fraction of sp³-hybridized carbons (Fsp3) is 0.464. The predicted molar refractivity (Wildman–Crippen MR) is 143 cm³/mol. The minimum atomic E-state index is 0.273. The third-order valence-electron chi connectivity index (χ3n) is 7.38. The van der Waals surface area contributed by atoms with Crippen LogP contribution < -0.4 is 4.74 Å². The van der Waals surface area contributed by atoms with Crippen molar-refractivity contribution in [1.82, 2.24) is 29.4 Å². The molecule has 4 heterocycles. The van der Waals surface area contributed by atoms with Gasteiger partial charge in [-0.05, 0) is 68.1 Å². The van der Waals surface area contributed by atoms with Crippen molar-refractivity contribution < 1.29 is 9.53 Å². The van der Waals surface area contributed by atoms with Crippen LogP contribution in [-0.2, 0) is 4.79 Å². The van der Waals surface area contributed by atoms with E-state index in [1.165, 1.54) is 16.5 Å². The Morgan fingerprint density at radius 2 is 2.00 bits per heavy atom. The van der Waals surface area contributed by atoms with Gasteiger partial charge in [0.2, 0.25) is 5.91 Å². The standard InChI is InChI=1S/C28H36N6O2/c1-18(2)26-22-14-20(19-8-12-33(13-9-19)25(35)10-11-32(3)4)6-7-23(22)31-27(26)21-15-24(36-5)28-29-17-30-34(28)16-21/h6-7,14-19,31H,8-13H2,1-5H3. The number of carbonyl (C=O) groups is 1. The number of fused-ring (bicyclic) bond motifs is 2. The number of methoxy groups -OCH3 is 1. The highest BCUT2D eigenvalue weighted by Gasteiger charge is 2.25. The molecular formula is C28H36N6O2. The number of aromatic nitrogens is 4. The summed E-state index contributed by atoms with van der Waals surface area (Å²) in [5.41, 5.74) is 6.61. The number of amides is 1. The van der Waals surface area contributed by atoms with E-state index in [1.54, 1.807) is 18.0 Å². The van der Waals surface area contributed by atoms with E-state index < -0.39 is 0 Å². The second kappa shape index (κ2) is 9.93. The second-order valence-corrected chi connectivity index (χ2v) is 10.4. The zero-order chi connectivity index (χ0) is 25.4. The van der Waals surface area contributed by atoms with Crippen LogP contribution in [0.3, 0.4) is 0 Å². The highest BCUT2D eigenvalue weighted by atomic mass is 16.5. The summed E-state index contributed by atoms with van der Waals surface area (Å²) in [5, 5.41) is 5.60. The van der Waals surface area contributed by atoms with Crippen molar-refractivity contribution >= 4 is 22.5 Å². The summed E-state index contributed by atoms with van der Waals surface area (Å²) in [7, 11) is 5.68. The largest absolute Gasteiger partial charge is 0.493 e. The van der Waals surface area contributed by atoms with E-state index in [-0.39, 0.29) is 5.91 Å². The molecule has 1 fully saturated rings. The molecular weight excluding hydrogens is 452 g/mol. The van der Waals surface area contributed by atoms with Crippen molar-refractivity contribution in [1.29, 1.82) is 0 Å². The Morgan fingerprint density at radius 1 is 1.22 bits per heavy atom. The van der Waals surface area contributed by atoms with Crippen LogP contribution in [-0.4, -0.2) is 76.1 Å². The first kappa shape index (κ1) is 24.3. The molecule has 0 atom stereocenters. The van der Waals surface area contributed by atoms with Crippen molar-refractivity contribution in [2.45, 2.75) is 44.9 Å². The average Bonchev–Trinajstić information content (AvgIpc) is 3.51. The van der Waals surface area contributed by atoms with Crippen LogP contribution in [0, 0.1) is 0 Å². The zero-order valence-corrected chi connectivity index (χ0v) is 21.9. The molecule has 0 aliphatic carbocycles. The number of pyridine rings is 1. The summed E-state index contributed by atoms with van der Waals surface area (Å²) in [4.78, 5) is 24.7. The van der Waals surface area contributed by atoms with Gasteiger partial charge in [-0.1, -0.05) is 19.9 Å². The Hall–Kier alpha value is -3.39. The Bertz CT molecular complexity index is 1380. The number of hydrogen-bond acceptors (Lipinski definition) is 5. The lowest BCUT2D eigenvalue weighted by Gasteiger charge is -2.32. The molecule has 1 amide bonds. The molecule has 8 nitrogen and oxygen atoms in total. The average molecular weight is 489 g/mol. The predicted octanol–water partition coefficient (Wildman–Crippen LogP) is 4.67. The highest BCUT2D eigenvalue weighted by molar-refractivity contribution is 5.92. The van der Waals surface area contributed by atoms with Crippen LogP contribution in [0.2, 0.25) is 0 Å². The van der Waals surface area contributed by atoms with E-state index in [1.807, 2.05) is 31.3 Å². The van der Waals surface area contributed by atoms with Crippen molar-refractivity contribution in [2.24, 2.45) is 0 Å². The molecule has 190 valence electrons. The molecule has 1 aliphatic rings. The lowest BCUT2D eigenvalue weighted by atomic mass is 9.87. The summed E-state index contributed by atoms with van der Waals surface area (Å²) in [6, 6.07) is 8.86. The molecule has 0 bridgehead atoms. The number of ether oxygens (including phenoxy) is 1. The van der Waals surface area contributed by atoms with E-state index >= 15 is 0 Å². The molecule has 0 saturated carbocycles. The summed E-state index contributed by atoms with van der Waals surface area (Å²) >= 11 is 0. The van der Waals surface area contributed by atoms with E-state index in [2.05, 4.69) is 52.0 Å². The van der Waals surface area contributed by atoms with Crippen LogP contribution in [0.4, 0.5) is 0 Å². The molecule has 3 aromatic heterocycles. The monoisotopic (exact) mass is 488 g/mol. The Kier molecular flexibility index (Phi) is 6.71. The van der Waals surface area contributed by atoms with Gasteiger partial charge in [0.05, 0.1) is 12.8 Å². The maximum absolute atomic E-state index is 12.6. The SMILES string of the molecule is COc1cc(-c2[nH]c3ccc(C4CCN(C(=O)CCN(C)C)CC4)cc3c2C(C)C)cn2ncnc12. The minimum Gasteiger partial charge on any atom is -0.493 e. The third-order valence-corrected chi connectivity index (χ3v) is 7.38. The normalized spacial score (nSPS) is 15.0. The van der Waals surface area contributed by atoms with E-state index in [0.29, 0.717) is 29.7 Å². The van der Waals surface area contributed by atoms with Crippen LogP contribution in [0.15, 0.2) is 36.8 Å². The number of nitrogens with one attached hydrogen (secondary N) is 1. The fourth-order valence-corrected chi connectivity index (χ4v) is 5.43. The molecule has 1 saturated heterocycles. The summed E-state index contributed by atoms with van der Waals surface area (Å²) < 4.78 is 7.37. The number of nitrogens with zero attached hydrogens (tertiary/aromatic N) is 5. The first-order chi connectivity index (χ1) is 17.4. The number of H-pyrrole nitrogens is 1. The molecule has 8 heteroatoms. The van der Waals surface area contributed by atoms with E-state index in [0.717, 1.165) is 49.2 Å². The number of carbonyl (C=O) groups excluding carboxylic acids is 1. The number of aromatic amines is 1. The molecule has 36 heavy (non-hydrogen) atoms. The quantitative estimate of drug-likeness (QED) is 0.409. The van der Waals surface area contributed by atoms with Gasteiger partial charge < -0.3 is 19.5 Å². The van der Waals surface area contributed by atoms with Crippen molar-refractivity contribution in [3.8, 4) is 17.0 Å². The number of benzene rings is 1. The molecule has 1 aliphatic heterocycles. The van der Waals surface area contributed by atoms with Gasteiger partial charge >= 0.3 is 0 Å². The lowest BCUT2D eigenvalue weighted by molar-refractivity contribution is -0.132. The molecule has 5 rings (SSSR count). The van der Waals surface area contributed by atoms with E-state index in [4.69, 9.17) is 4.74 Å². The van der Waals surface area contributed by atoms with Crippen LogP contribution >= 0.6 is 0 Å². The van der Waals surface area contributed by atoms with Crippen LogP contribution in [0.25, 0.3) is 27.8 Å². The van der Waals surface area contributed by atoms with Gasteiger partial charge in [0.25, 0.3) is 0 Å². The number of piperidine rings is 1. The van der Waals surface area contributed by atoms with Gasteiger partial charge in [-0.25, -0.2) is 9.50 Å². The molecule has 1 aromatic carbocycles. The number of rotatable bonds is 7. The Balaban J connectivity index is 1.44. The topological polar surface area (TPSA) is 78.8 Å². The zero-order valence-electron chi connectivity index (χ0n) is 21.9. The van der Waals surface area contributed by atoms with Crippen molar-refractivity contribution in [2.75, 3.05) is 40.8 Å². The highest BCUT2D eigenvalue weighted by Crippen LogP contribution is 2.39. The van der Waals surface area contributed by atoms with E-state index in [9.17, 15) is 4.79 Å². The van der Waals surface area contributed by atoms with Gasteiger partial charge in [0.1, 0.15) is 6.33 Å². The van der Waals surface area contributed by atoms with Gasteiger partial charge in [0, 0.05) is 48.7 Å². The summed E-state index contributed by atoms with van der Waals surface area (Å²) in [6.45, 7) is 6.95. The van der Waals surface area contributed by atoms with Gasteiger partial charge in [0.15, 0.2) is 11.4 Å². The van der Waals surface area contributed by atoms with Crippen LogP contribution in [0.5, 0.6) is 5.75 Å². The van der Waals surface area contributed by atoms with Gasteiger partial charge in [-0.2, -0.15) is 5.10 Å². The van der Waals surface area contributed by atoms with Gasteiger partial charge in [-0.15, -0.1) is 0 Å². The molecule has 1 N–H and O–H groups in total. The van der Waals surface area contributed by atoms with Crippen LogP contribution in [0.1, 0.15) is 56.1 Å². The fourth-order valence-electron chi connectivity index (χ4n) is 5.43. The smallest absolute Gasteiger partial charge is 0.223 e. The summed E-state index contributed by atoms with van der Waals surface area (Å²) in [6.07, 6.45) is 6.16. The Morgan fingerprint density at radius 3 is 2.69 bits per heavy atom.